The van der Waals surface area contributed by atoms with Crippen LogP contribution in [-0.4, -0.2) is 47.5 Å². The molecule has 39 heavy (non-hydrogen) atoms. The highest BCUT2D eigenvalue weighted by Gasteiger charge is 2.45. The fraction of sp³-hybridized carbons (Fsp3) is 0.379. The van der Waals surface area contributed by atoms with Crippen LogP contribution in [0.2, 0.25) is 0 Å². The highest BCUT2D eigenvalue weighted by molar-refractivity contribution is 7.17. The van der Waals surface area contributed by atoms with Gasteiger partial charge >= 0.3 is 11.9 Å². The number of nitrogens with zero attached hydrogens (tertiary/aromatic N) is 2. The molecule has 0 radical (unpaired) electrons. The molecule has 0 aliphatic carbocycles. The zero-order chi connectivity index (χ0) is 27.5. The molecule has 0 saturated carbocycles. The second-order valence-electron chi connectivity index (χ2n) is 9.34. The zero-order valence-corrected chi connectivity index (χ0v) is 22.6. The van der Waals surface area contributed by atoms with E-state index in [1.807, 2.05) is 6.92 Å². The molecule has 0 unspecified atom stereocenters. The van der Waals surface area contributed by atoms with E-state index < -0.39 is 17.8 Å². The van der Waals surface area contributed by atoms with Crippen molar-refractivity contribution in [2.45, 2.75) is 52.2 Å². The summed E-state index contributed by atoms with van der Waals surface area (Å²) in [4.78, 5) is 47.2. The third kappa shape index (κ3) is 5.25. The number of esters is 2. The van der Waals surface area contributed by atoms with E-state index in [0.29, 0.717) is 51.2 Å². The van der Waals surface area contributed by atoms with Gasteiger partial charge in [0, 0.05) is 17.0 Å². The zero-order valence-electron chi connectivity index (χ0n) is 21.8. The summed E-state index contributed by atoms with van der Waals surface area (Å²) in [5.41, 5.74) is 1.79. The molecule has 2 aliphatic heterocycles. The van der Waals surface area contributed by atoms with Crippen LogP contribution < -0.4 is 4.74 Å². The summed E-state index contributed by atoms with van der Waals surface area (Å²) in [5, 5.41) is 0. The van der Waals surface area contributed by atoms with Gasteiger partial charge in [0.2, 0.25) is 0 Å². The molecule has 2 aliphatic rings. The summed E-state index contributed by atoms with van der Waals surface area (Å²) < 4.78 is 30.1. The maximum Gasteiger partial charge on any atom is 0.348 e. The van der Waals surface area contributed by atoms with Crippen LogP contribution in [-0.2, 0) is 16.1 Å². The van der Waals surface area contributed by atoms with Crippen molar-refractivity contribution in [2.24, 2.45) is 0 Å². The van der Waals surface area contributed by atoms with E-state index in [9.17, 15) is 18.8 Å². The van der Waals surface area contributed by atoms with E-state index in [4.69, 9.17) is 19.2 Å². The molecule has 1 fully saturated rings. The number of hydrogen-bond donors (Lipinski definition) is 0. The molecule has 5 rings (SSSR count). The maximum absolute atomic E-state index is 13.6. The van der Waals surface area contributed by atoms with Crippen LogP contribution in [0, 0.1) is 5.82 Å². The van der Waals surface area contributed by atoms with Crippen molar-refractivity contribution in [2.75, 3.05) is 19.8 Å². The molecule has 0 bridgehead atoms. The topological polar surface area (TPSA) is 95.0 Å². The van der Waals surface area contributed by atoms with E-state index >= 15 is 0 Å². The van der Waals surface area contributed by atoms with Gasteiger partial charge in [0.25, 0.3) is 5.91 Å². The fourth-order valence-electron chi connectivity index (χ4n) is 4.97. The predicted molar refractivity (Wildman–Crippen MR) is 142 cm³/mol. The minimum Gasteiger partial charge on any atom is -0.487 e. The van der Waals surface area contributed by atoms with Crippen LogP contribution in [0.1, 0.15) is 87.3 Å². The van der Waals surface area contributed by atoms with Crippen molar-refractivity contribution in [1.29, 1.82) is 0 Å². The van der Waals surface area contributed by atoms with Gasteiger partial charge in [-0.25, -0.2) is 14.0 Å². The number of carbonyl (C=O) groups excluding carboxylic acids is 3. The number of pyridine rings is 1. The van der Waals surface area contributed by atoms with E-state index in [1.54, 1.807) is 24.0 Å². The van der Waals surface area contributed by atoms with Crippen LogP contribution in [0.15, 0.2) is 36.4 Å². The molecule has 0 spiro atoms. The Bertz CT molecular complexity index is 1400. The monoisotopic (exact) mass is 552 g/mol. The van der Waals surface area contributed by atoms with Gasteiger partial charge < -0.3 is 19.1 Å². The molecule has 1 atom stereocenters. The van der Waals surface area contributed by atoms with Gasteiger partial charge in [0.1, 0.15) is 23.1 Å². The molecule has 3 aromatic rings. The summed E-state index contributed by atoms with van der Waals surface area (Å²) in [6.07, 6.45) is 3.29. The minimum absolute atomic E-state index is 0.0989. The Labute approximate surface area is 229 Å². The van der Waals surface area contributed by atoms with Gasteiger partial charge in [-0.1, -0.05) is 13.3 Å². The second kappa shape index (κ2) is 11.5. The minimum atomic E-state index is -0.638. The SMILES string of the molecule is CCCCOC(=O)c1ccc(-c2c(C(=O)OCC)c(COc3ccc(F)cc3)nc3c2C(=O)N2CCC[C@@H]32)s1. The number of rotatable bonds is 10. The number of unbranched alkanes of at least 4 members (excludes halogenated alkanes) is 1. The Kier molecular flexibility index (Phi) is 7.92. The lowest BCUT2D eigenvalue weighted by Crippen LogP contribution is -2.23. The van der Waals surface area contributed by atoms with Crippen LogP contribution in [0.5, 0.6) is 5.75 Å². The number of aromatic nitrogens is 1. The molecule has 10 heteroatoms. The number of thiophene rings is 1. The first kappa shape index (κ1) is 26.8. The summed E-state index contributed by atoms with van der Waals surface area (Å²) in [6.45, 7) is 4.66. The number of halogens is 1. The van der Waals surface area contributed by atoms with Gasteiger partial charge in [-0.05, 0) is 62.6 Å². The van der Waals surface area contributed by atoms with Gasteiger partial charge in [-0.3, -0.25) is 9.78 Å². The second-order valence-corrected chi connectivity index (χ2v) is 10.4. The number of ether oxygens (including phenoxy) is 3. The Morgan fingerprint density at radius 1 is 1.08 bits per heavy atom. The van der Waals surface area contributed by atoms with Crippen molar-refractivity contribution in [3.8, 4) is 16.2 Å². The Hall–Kier alpha value is -3.79. The van der Waals surface area contributed by atoms with Crippen LogP contribution in [0.4, 0.5) is 4.39 Å². The average molecular weight is 553 g/mol. The van der Waals surface area contributed by atoms with E-state index in [2.05, 4.69) is 0 Å². The van der Waals surface area contributed by atoms with E-state index in [0.717, 1.165) is 37.0 Å². The third-order valence-electron chi connectivity index (χ3n) is 6.80. The summed E-state index contributed by atoms with van der Waals surface area (Å²) in [5.74, 6) is -1.27. The number of fused-ring (bicyclic) bond motifs is 3. The van der Waals surface area contributed by atoms with Crippen molar-refractivity contribution in [1.82, 2.24) is 9.88 Å². The van der Waals surface area contributed by atoms with Gasteiger partial charge in [-0.2, -0.15) is 0 Å². The number of carbonyl (C=O) groups is 3. The highest BCUT2D eigenvalue weighted by atomic mass is 32.1. The smallest absolute Gasteiger partial charge is 0.348 e. The number of benzene rings is 1. The maximum atomic E-state index is 13.6. The van der Waals surface area contributed by atoms with Crippen molar-refractivity contribution >= 4 is 29.2 Å². The van der Waals surface area contributed by atoms with Crippen molar-refractivity contribution in [3.05, 3.63) is 69.6 Å². The lowest BCUT2D eigenvalue weighted by atomic mass is 9.95. The van der Waals surface area contributed by atoms with Crippen molar-refractivity contribution < 1.29 is 33.0 Å². The van der Waals surface area contributed by atoms with Crippen LogP contribution in [0.3, 0.4) is 0 Å². The predicted octanol–water partition coefficient (Wildman–Crippen LogP) is 5.95. The molecule has 8 nitrogen and oxygen atoms in total. The molecule has 1 saturated heterocycles. The number of amides is 1. The highest BCUT2D eigenvalue weighted by Crippen LogP contribution is 2.47. The Morgan fingerprint density at radius 3 is 2.62 bits per heavy atom. The van der Waals surface area contributed by atoms with Crippen LogP contribution >= 0.6 is 11.3 Å². The lowest BCUT2D eigenvalue weighted by Gasteiger charge is -2.17. The number of hydrogen-bond acceptors (Lipinski definition) is 8. The van der Waals surface area contributed by atoms with Crippen LogP contribution in [0.25, 0.3) is 10.4 Å². The standard InChI is InChI=1S/C29H29FN2O6S/c1-3-5-15-37-28(34)22-13-12-21(39-22)24-23(29(35)36-4-2)19(16-38-18-10-8-17(30)9-11-18)31-26-20-7-6-14-32(20)27(33)25(24)26/h8-13,20H,3-7,14-16H2,1-2H3/t20-/m0/s1. The third-order valence-corrected chi connectivity index (χ3v) is 7.88. The largest absolute Gasteiger partial charge is 0.487 e. The van der Waals surface area contributed by atoms with Gasteiger partial charge in [0.15, 0.2) is 0 Å². The first-order valence-corrected chi connectivity index (χ1v) is 13.9. The Balaban J connectivity index is 1.62. The molecular weight excluding hydrogens is 523 g/mol. The first-order valence-electron chi connectivity index (χ1n) is 13.1. The molecule has 1 amide bonds. The molecule has 0 N–H and O–H groups in total. The lowest BCUT2D eigenvalue weighted by molar-refractivity contribution is 0.0501. The van der Waals surface area contributed by atoms with E-state index in [-0.39, 0.29) is 30.7 Å². The van der Waals surface area contributed by atoms with Gasteiger partial charge in [0.05, 0.1) is 41.8 Å². The van der Waals surface area contributed by atoms with E-state index in [1.165, 1.54) is 24.3 Å². The average Bonchev–Trinajstić information content (AvgIpc) is 3.67. The molecule has 4 heterocycles. The summed E-state index contributed by atoms with van der Waals surface area (Å²) >= 11 is 1.16. The van der Waals surface area contributed by atoms with Crippen molar-refractivity contribution in [3.63, 3.8) is 0 Å². The first-order chi connectivity index (χ1) is 18.9. The quantitative estimate of drug-likeness (QED) is 0.226. The normalized spacial score (nSPS) is 15.7. The Morgan fingerprint density at radius 2 is 1.87 bits per heavy atom. The fourth-order valence-corrected chi connectivity index (χ4v) is 5.93. The molecule has 1 aromatic carbocycles. The summed E-state index contributed by atoms with van der Waals surface area (Å²) in [6, 6.07) is 8.73. The molecular formula is C29H29FN2O6S. The summed E-state index contributed by atoms with van der Waals surface area (Å²) in [7, 11) is 0. The van der Waals surface area contributed by atoms with Gasteiger partial charge in [-0.15, -0.1) is 11.3 Å². The molecule has 204 valence electrons. The molecule has 2 aromatic heterocycles.